The summed E-state index contributed by atoms with van der Waals surface area (Å²) >= 11 is 0. The van der Waals surface area contributed by atoms with Crippen LogP contribution in [0.4, 0.5) is 0 Å². The van der Waals surface area contributed by atoms with Gasteiger partial charge in [0, 0.05) is 25.9 Å². The third-order valence-corrected chi connectivity index (χ3v) is 5.13. The van der Waals surface area contributed by atoms with Crippen LogP contribution in [0.25, 0.3) is 5.69 Å². The number of hydrogen-bond acceptors (Lipinski definition) is 3. The molecular formula is C20H28N4O2. The molecule has 0 saturated carbocycles. The summed E-state index contributed by atoms with van der Waals surface area (Å²) in [7, 11) is 0. The van der Waals surface area contributed by atoms with Crippen molar-refractivity contribution in [1.82, 2.24) is 19.7 Å². The number of benzene rings is 1. The van der Waals surface area contributed by atoms with Crippen molar-refractivity contribution in [1.29, 1.82) is 0 Å². The number of aromatic amines is 1. The molecule has 0 unspecified atom stereocenters. The van der Waals surface area contributed by atoms with Gasteiger partial charge in [-0.15, -0.1) is 0 Å². The average molecular weight is 356 g/mol. The standard InChI is InChI=1S/C20H28N4O2/c1-15(2)8-9-19(25)23-12-10-16(11-13-23)14-18-21-22-20(26)24(18)17-6-4-3-5-7-17/h3-7,15-16H,8-14H2,1-2H3,(H,22,26). The smallest absolute Gasteiger partial charge is 0.343 e. The Labute approximate surface area is 154 Å². The highest BCUT2D eigenvalue weighted by Crippen LogP contribution is 2.22. The number of carbonyl (C=O) groups is 1. The number of para-hydroxylation sites is 1. The van der Waals surface area contributed by atoms with E-state index >= 15 is 0 Å². The number of aromatic nitrogens is 3. The lowest BCUT2D eigenvalue weighted by Gasteiger charge is -2.32. The van der Waals surface area contributed by atoms with Crippen LogP contribution in [0.5, 0.6) is 0 Å². The molecule has 1 amide bonds. The molecule has 140 valence electrons. The number of nitrogens with one attached hydrogen (secondary N) is 1. The highest BCUT2D eigenvalue weighted by atomic mass is 16.2. The number of rotatable bonds is 6. The molecule has 26 heavy (non-hydrogen) atoms. The van der Waals surface area contributed by atoms with Crippen molar-refractivity contribution < 1.29 is 4.79 Å². The normalized spacial score (nSPS) is 15.6. The predicted molar refractivity (Wildman–Crippen MR) is 101 cm³/mol. The molecule has 1 saturated heterocycles. The number of amides is 1. The molecule has 2 heterocycles. The van der Waals surface area contributed by atoms with Crippen LogP contribution in [0, 0.1) is 11.8 Å². The maximum absolute atomic E-state index is 12.3. The van der Waals surface area contributed by atoms with Crippen molar-refractivity contribution in [3.8, 4) is 5.69 Å². The first-order valence-corrected chi connectivity index (χ1v) is 9.54. The van der Waals surface area contributed by atoms with Crippen LogP contribution in [0.2, 0.25) is 0 Å². The van der Waals surface area contributed by atoms with Gasteiger partial charge in [-0.05, 0) is 43.2 Å². The largest absolute Gasteiger partial charge is 0.347 e. The Kier molecular flexibility index (Phi) is 5.91. The van der Waals surface area contributed by atoms with Crippen molar-refractivity contribution >= 4 is 5.91 Å². The van der Waals surface area contributed by atoms with Crippen LogP contribution < -0.4 is 5.69 Å². The summed E-state index contributed by atoms with van der Waals surface area (Å²) in [5, 5.41) is 6.81. The Hall–Kier alpha value is -2.37. The molecule has 1 aliphatic heterocycles. The third-order valence-electron chi connectivity index (χ3n) is 5.13. The number of hydrogen-bond donors (Lipinski definition) is 1. The maximum atomic E-state index is 12.3. The second-order valence-corrected chi connectivity index (χ2v) is 7.58. The minimum Gasteiger partial charge on any atom is -0.343 e. The Bertz CT molecular complexity index is 771. The molecule has 1 fully saturated rings. The van der Waals surface area contributed by atoms with Gasteiger partial charge in [-0.25, -0.2) is 14.5 Å². The Balaban J connectivity index is 1.59. The lowest BCUT2D eigenvalue weighted by molar-refractivity contribution is -0.132. The SMILES string of the molecule is CC(C)CCC(=O)N1CCC(Cc2n[nH]c(=O)n2-c2ccccc2)CC1. The van der Waals surface area contributed by atoms with Crippen LogP contribution in [0.15, 0.2) is 35.1 Å². The molecule has 6 nitrogen and oxygen atoms in total. The van der Waals surface area contributed by atoms with E-state index in [4.69, 9.17) is 0 Å². The average Bonchev–Trinajstić information content (AvgIpc) is 3.01. The van der Waals surface area contributed by atoms with E-state index < -0.39 is 0 Å². The molecule has 0 radical (unpaired) electrons. The topological polar surface area (TPSA) is 71.0 Å². The molecular weight excluding hydrogens is 328 g/mol. The highest BCUT2D eigenvalue weighted by molar-refractivity contribution is 5.76. The Morgan fingerprint density at radius 2 is 1.92 bits per heavy atom. The molecule has 0 atom stereocenters. The van der Waals surface area contributed by atoms with Crippen LogP contribution in [0.3, 0.4) is 0 Å². The summed E-state index contributed by atoms with van der Waals surface area (Å²) in [4.78, 5) is 26.4. The number of H-pyrrole nitrogens is 1. The summed E-state index contributed by atoms with van der Waals surface area (Å²) in [5.74, 6) is 2.05. The minimum atomic E-state index is -0.201. The second-order valence-electron chi connectivity index (χ2n) is 7.58. The zero-order valence-corrected chi connectivity index (χ0v) is 15.6. The fourth-order valence-corrected chi connectivity index (χ4v) is 3.52. The molecule has 1 N–H and O–H groups in total. The number of carbonyl (C=O) groups excluding carboxylic acids is 1. The molecule has 1 aromatic heterocycles. The molecule has 1 aromatic carbocycles. The zero-order valence-electron chi connectivity index (χ0n) is 15.6. The first kappa shape index (κ1) is 18.4. The maximum Gasteiger partial charge on any atom is 0.347 e. The van der Waals surface area contributed by atoms with Gasteiger partial charge in [0.15, 0.2) is 0 Å². The molecule has 0 bridgehead atoms. The minimum absolute atomic E-state index is 0.201. The van der Waals surface area contributed by atoms with Crippen LogP contribution in [-0.2, 0) is 11.2 Å². The summed E-state index contributed by atoms with van der Waals surface area (Å²) in [6.07, 6.45) is 4.28. The van der Waals surface area contributed by atoms with Crippen molar-refractivity contribution in [3.05, 3.63) is 46.6 Å². The van der Waals surface area contributed by atoms with E-state index in [1.165, 1.54) is 0 Å². The van der Waals surface area contributed by atoms with Gasteiger partial charge in [0.1, 0.15) is 5.82 Å². The van der Waals surface area contributed by atoms with E-state index in [0.717, 1.165) is 50.3 Å². The van der Waals surface area contributed by atoms with Crippen LogP contribution >= 0.6 is 0 Å². The van der Waals surface area contributed by atoms with Crippen LogP contribution in [-0.4, -0.2) is 38.7 Å². The lowest BCUT2D eigenvalue weighted by atomic mass is 9.92. The summed E-state index contributed by atoms with van der Waals surface area (Å²) in [6, 6.07) is 9.59. The van der Waals surface area contributed by atoms with Crippen molar-refractivity contribution in [2.45, 2.75) is 46.0 Å². The fourth-order valence-electron chi connectivity index (χ4n) is 3.52. The third kappa shape index (κ3) is 4.42. The van der Waals surface area contributed by atoms with E-state index in [1.54, 1.807) is 4.57 Å². The lowest BCUT2D eigenvalue weighted by Crippen LogP contribution is -2.39. The molecule has 0 spiro atoms. The van der Waals surface area contributed by atoms with Crippen LogP contribution in [0.1, 0.15) is 45.4 Å². The monoisotopic (exact) mass is 356 g/mol. The van der Waals surface area contributed by atoms with Gasteiger partial charge in [-0.1, -0.05) is 32.0 Å². The van der Waals surface area contributed by atoms with Gasteiger partial charge in [0.05, 0.1) is 5.69 Å². The number of piperidine rings is 1. The van der Waals surface area contributed by atoms with E-state index in [1.807, 2.05) is 35.2 Å². The quantitative estimate of drug-likeness (QED) is 0.865. The van der Waals surface area contributed by atoms with Gasteiger partial charge in [-0.2, -0.15) is 5.10 Å². The molecule has 0 aliphatic carbocycles. The summed E-state index contributed by atoms with van der Waals surface area (Å²) < 4.78 is 1.65. The number of likely N-dealkylation sites (tertiary alicyclic amines) is 1. The van der Waals surface area contributed by atoms with Gasteiger partial charge in [0.2, 0.25) is 5.91 Å². The predicted octanol–water partition coefficient (Wildman–Crippen LogP) is 2.78. The molecule has 1 aliphatic rings. The Morgan fingerprint density at radius 1 is 1.23 bits per heavy atom. The van der Waals surface area contributed by atoms with E-state index in [2.05, 4.69) is 24.0 Å². The number of nitrogens with zero attached hydrogens (tertiary/aromatic N) is 3. The highest BCUT2D eigenvalue weighted by Gasteiger charge is 2.24. The molecule has 6 heteroatoms. The first-order valence-electron chi connectivity index (χ1n) is 9.54. The summed E-state index contributed by atoms with van der Waals surface area (Å²) in [6.45, 7) is 5.91. The zero-order chi connectivity index (χ0) is 18.5. The Morgan fingerprint density at radius 3 is 2.58 bits per heavy atom. The molecule has 2 aromatic rings. The van der Waals surface area contributed by atoms with E-state index in [9.17, 15) is 9.59 Å². The summed E-state index contributed by atoms with van der Waals surface area (Å²) in [5.41, 5.74) is 0.634. The van der Waals surface area contributed by atoms with E-state index in [0.29, 0.717) is 18.3 Å². The van der Waals surface area contributed by atoms with Crippen molar-refractivity contribution in [2.75, 3.05) is 13.1 Å². The van der Waals surface area contributed by atoms with Gasteiger partial charge >= 0.3 is 5.69 Å². The van der Waals surface area contributed by atoms with Crippen molar-refractivity contribution in [2.24, 2.45) is 11.8 Å². The second kappa shape index (κ2) is 8.34. The first-order chi connectivity index (χ1) is 12.5. The van der Waals surface area contributed by atoms with Crippen molar-refractivity contribution in [3.63, 3.8) is 0 Å². The van der Waals surface area contributed by atoms with Gasteiger partial charge in [-0.3, -0.25) is 4.79 Å². The molecule has 3 rings (SSSR count). The van der Waals surface area contributed by atoms with Gasteiger partial charge in [0.25, 0.3) is 0 Å². The van der Waals surface area contributed by atoms with E-state index in [-0.39, 0.29) is 11.6 Å². The van der Waals surface area contributed by atoms with Gasteiger partial charge < -0.3 is 4.90 Å². The fraction of sp³-hybridized carbons (Fsp3) is 0.550.